The van der Waals surface area contributed by atoms with E-state index in [0.717, 1.165) is 77.4 Å². The van der Waals surface area contributed by atoms with Crippen LogP contribution in [0.5, 0.6) is 0 Å². The van der Waals surface area contributed by atoms with Crippen LogP contribution in [0.3, 0.4) is 0 Å². The molecule has 0 spiro atoms. The Morgan fingerprint density at radius 3 is 1.93 bits per heavy atom. The van der Waals surface area contributed by atoms with E-state index >= 15 is 0 Å². The number of hydrogen-bond donors (Lipinski definition) is 0. The van der Waals surface area contributed by atoms with Crippen molar-refractivity contribution in [3.63, 3.8) is 0 Å². The normalized spacial score (nSPS) is 11.6. The summed E-state index contributed by atoms with van der Waals surface area (Å²) in [6, 6.07) is 58.8. The molecular formula is C50H31N5O. The van der Waals surface area contributed by atoms with Gasteiger partial charge in [-0.15, -0.1) is 0 Å². The fraction of sp³-hybridized carbons (Fsp3) is 0. The highest BCUT2D eigenvalue weighted by atomic mass is 16.3. The first-order valence-electron chi connectivity index (χ1n) is 18.6. The van der Waals surface area contributed by atoms with Crippen molar-refractivity contribution in [1.82, 2.24) is 24.5 Å². The highest BCUT2D eigenvalue weighted by Crippen LogP contribution is 2.36. The van der Waals surface area contributed by atoms with E-state index in [0.29, 0.717) is 17.5 Å². The van der Waals surface area contributed by atoms with Crippen LogP contribution in [0.4, 0.5) is 0 Å². The Balaban J connectivity index is 1.11. The van der Waals surface area contributed by atoms with Crippen molar-refractivity contribution in [1.29, 1.82) is 0 Å². The monoisotopic (exact) mass is 717 g/mol. The number of benzene rings is 7. The van der Waals surface area contributed by atoms with Crippen LogP contribution >= 0.6 is 0 Å². The third-order valence-electron chi connectivity index (χ3n) is 10.6. The first-order chi connectivity index (χ1) is 27.7. The molecule has 11 aromatic rings. The molecule has 7 aromatic carbocycles. The van der Waals surface area contributed by atoms with Crippen LogP contribution in [0.1, 0.15) is 0 Å². The quantitative estimate of drug-likeness (QED) is 0.171. The van der Waals surface area contributed by atoms with E-state index in [-0.39, 0.29) is 0 Å². The van der Waals surface area contributed by atoms with Gasteiger partial charge in [-0.1, -0.05) is 115 Å². The molecule has 0 unspecified atom stereocenters. The minimum atomic E-state index is 0.588. The largest absolute Gasteiger partial charge is 0.464 e. The van der Waals surface area contributed by atoms with Crippen LogP contribution in [0, 0.1) is 0 Å². The summed E-state index contributed by atoms with van der Waals surface area (Å²) in [6.07, 6.45) is 5.80. The average Bonchev–Trinajstić information content (AvgIpc) is 3.93. The van der Waals surface area contributed by atoms with Crippen molar-refractivity contribution in [2.45, 2.75) is 0 Å². The summed E-state index contributed by atoms with van der Waals surface area (Å²) in [5, 5.41) is 6.68. The summed E-state index contributed by atoms with van der Waals surface area (Å²) in [7, 11) is 0. The van der Waals surface area contributed by atoms with E-state index in [1.54, 1.807) is 6.26 Å². The zero-order valence-electron chi connectivity index (χ0n) is 30.0. The van der Waals surface area contributed by atoms with Crippen molar-refractivity contribution in [3.05, 3.63) is 189 Å². The standard InChI is InChI=1S/C50H31N5O/c1-2-12-34(13-3-1)47-52-48(54-49(53-47)44-18-8-14-32-10-4-6-16-42(32)44)40-29-38(35-20-21-46-36(26-35)23-25-56-46)28-39(30-40)41-27-37-22-24-55(50(37)51-31-41)45-19-9-15-33-11-5-7-17-43(33)45/h1-31H. The smallest absolute Gasteiger partial charge is 0.164 e. The van der Waals surface area contributed by atoms with Gasteiger partial charge in [-0.05, 0) is 87.4 Å². The number of rotatable bonds is 6. The van der Waals surface area contributed by atoms with E-state index in [2.05, 4.69) is 138 Å². The van der Waals surface area contributed by atoms with Gasteiger partial charge in [-0.2, -0.15) is 0 Å². The Kier molecular flexibility index (Phi) is 7.38. The Labute approximate surface area is 322 Å². The van der Waals surface area contributed by atoms with Gasteiger partial charge in [0.1, 0.15) is 11.2 Å². The molecule has 0 saturated carbocycles. The molecule has 262 valence electrons. The second kappa shape index (κ2) is 13.0. The summed E-state index contributed by atoms with van der Waals surface area (Å²) in [4.78, 5) is 20.5. The van der Waals surface area contributed by atoms with Crippen molar-refractivity contribution in [2.75, 3.05) is 0 Å². The molecule has 0 aliphatic carbocycles. The molecule has 0 aliphatic heterocycles. The molecule has 0 bridgehead atoms. The fourth-order valence-electron chi connectivity index (χ4n) is 7.79. The number of pyridine rings is 1. The summed E-state index contributed by atoms with van der Waals surface area (Å²) >= 11 is 0. The van der Waals surface area contributed by atoms with Crippen LogP contribution in [-0.2, 0) is 0 Å². The van der Waals surface area contributed by atoms with Gasteiger partial charge in [0.05, 0.1) is 12.0 Å². The molecule has 6 nitrogen and oxygen atoms in total. The first-order valence-corrected chi connectivity index (χ1v) is 18.6. The van der Waals surface area contributed by atoms with E-state index < -0.39 is 0 Å². The van der Waals surface area contributed by atoms with Crippen molar-refractivity contribution in [3.8, 4) is 62.1 Å². The van der Waals surface area contributed by atoms with Crippen LogP contribution in [-0.4, -0.2) is 24.5 Å². The van der Waals surface area contributed by atoms with E-state index in [1.807, 2.05) is 48.7 Å². The summed E-state index contributed by atoms with van der Waals surface area (Å²) < 4.78 is 7.87. The zero-order chi connectivity index (χ0) is 37.0. The maximum absolute atomic E-state index is 5.70. The lowest BCUT2D eigenvalue weighted by Crippen LogP contribution is -2.01. The third kappa shape index (κ3) is 5.51. The molecule has 0 amide bonds. The molecule has 6 heteroatoms. The fourth-order valence-corrected chi connectivity index (χ4v) is 7.79. The molecule has 0 atom stereocenters. The molecular weight excluding hydrogens is 687 g/mol. The van der Waals surface area contributed by atoms with Crippen molar-refractivity contribution >= 4 is 43.5 Å². The molecule has 0 saturated heterocycles. The van der Waals surface area contributed by atoms with E-state index in [1.165, 1.54) is 10.8 Å². The summed E-state index contributed by atoms with van der Waals surface area (Å²) in [5.74, 6) is 1.82. The maximum atomic E-state index is 5.70. The van der Waals surface area contributed by atoms with E-state index in [9.17, 15) is 0 Å². The maximum Gasteiger partial charge on any atom is 0.164 e. The number of furan rings is 1. The first kappa shape index (κ1) is 31.8. The minimum Gasteiger partial charge on any atom is -0.464 e. The van der Waals surface area contributed by atoms with Gasteiger partial charge >= 0.3 is 0 Å². The lowest BCUT2D eigenvalue weighted by molar-refractivity contribution is 0.616. The van der Waals surface area contributed by atoms with Gasteiger partial charge in [0.25, 0.3) is 0 Å². The molecule has 0 fully saturated rings. The predicted molar refractivity (Wildman–Crippen MR) is 226 cm³/mol. The predicted octanol–water partition coefficient (Wildman–Crippen LogP) is 12.6. The Morgan fingerprint density at radius 2 is 1.07 bits per heavy atom. The Hall–Kier alpha value is -7.70. The van der Waals surface area contributed by atoms with Gasteiger partial charge in [0.2, 0.25) is 0 Å². The highest BCUT2D eigenvalue weighted by molar-refractivity contribution is 5.96. The van der Waals surface area contributed by atoms with Crippen LogP contribution in [0.2, 0.25) is 0 Å². The molecule has 0 radical (unpaired) electrons. The molecule has 0 aliphatic rings. The van der Waals surface area contributed by atoms with E-state index in [4.69, 9.17) is 24.4 Å². The Morgan fingerprint density at radius 1 is 0.411 bits per heavy atom. The lowest BCUT2D eigenvalue weighted by Gasteiger charge is -2.13. The van der Waals surface area contributed by atoms with Crippen molar-refractivity contribution in [2.24, 2.45) is 0 Å². The van der Waals surface area contributed by atoms with Gasteiger partial charge in [-0.3, -0.25) is 0 Å². The van der Waals surface area contributed by atoms with Gasteiger partial charge in [-0.25, -0.2) is 19.9 Å². The minimum absolute atomic E-state index is 0.588. The zero-order valence-corrected chi connectivity index (χ0v) is 30.0. The number of fused-ring (bicyclic) bond motifs is 4. The second-order valence-corrected chi connectivity index (χ2v) is 14.0. The molecule has 0 N–H and O–H groups in total. The SMILES string of the molecule is c1ccc(-c2nc(-c3cc(-c4ccc5occc5c4)cc(-c4cnc5c(ccn5-c5cccc6ccccc56)c4)c3)nc(-c3cccc4ccccc34)n2)cc1. The van der Waals surface area contributed by atoms with Crippen LogP contribution < -0.4 is 0 Å². The molecule has 4 aromatic heterocycles. The third-order valence-corrected chi connectivity index (χ3v) is 10.6. The lowest BCUT2D eigenvalue weighted by atomic mass is 9.95. The molecule has 11 rings (SSSR count). The number of aromatic nitrogens is 5. The second-order valence-electron chi connectivity index (χ2n) is 14.0. The summed E-state index contributed by atoms with van der Waals surface area (Å²) in [6.45, 7) is 0. The van der Waals surface area contributed by atoms with Crippen LogP contribution in [0.15, 0.2) is 193 Å². The van der Waals surface area contributed by atoms with Gasteiger partial charge in [0.15, 0.2) is 17.5 Å². The van der Waals surface area contributed by atoms with Crippen molar-refractivity contribution < 1.29 is 4.42 Å². The van der Waals surface area contributed by atoms with Gasteiger partial charge < -0.3 is 8.98 Å². The number of hydrogen-bond acceptors (Lipinski definition) is 5. The van der Waals surface area contributed by atoms with Gasteiger partial charge in [0, 0.05) is 50.8 Å². The number of nitrogens with zero attached hydrogens (tertiary/aromatic N) is 5. The highest BCUT2D eigenvalue weighted by Gasteiger charge is 2.17. The summed E-state index contributed by atoms with van der Waals surface area (Å²) in [5.41, 5.74) is 9.69. The van der Waals surface area contributed by atoms with Crippen LogP contribution in [0.25, 0.3) is 106 Å². The average molecular weight is 718 g/mol. The topological polar surface area (TPSA) is 69.6 Å². The Bertz CT molecular complexity index is 3260. The molecule has 56 heavy (non-hydrogen) atoms. The molecule has 4 heterocycles.